The highest BCUT2D eigenvalue weighted by Crippen LogP contribution is 2.42. The van der Waals surface area contributed by atoms with E-state index in [4.69, 9.17) is 0 Å². The number of anilines is 6. The van der Waals surface area contributed by atoms with Crippen LogP contribution in [0.5, 0.6) is 0 Å². The lowest BCUT2D eigenvalue weighted by Gasteiger charge is -2.26. The van der Waals surface area contributed by atoms with Gasteiger partial charge >= 0.3 is 0 Å². The standard InChI is InChI=1S/C66H46N2/c1-3-21-54(22-4-1)67(56-39-31-49(32-40-56)62-27-11-17-47-15-7-9-25-60(47)62)58-43-35-51(36-44-58)64-29-13-19-53-20-14-30-65(66(53)64)52-37-45-59(46-38-52)68(55-23-5-2-6-24-55)57-41-33-50(34-42-57)63-28-12-18-48-16-8-10-26-61(48)63/h1-46H. The predicted molar refractivity (Wildman–Crippen MR) is 290 cm³/mol. The van der Waals surface area contributed by atoms with Crippen molar-refractivity contribution >= 4 is 66.4 Å². The number of para-hydroxylation sites is 2. The molecule has 0 saturated heterocycles. The zero-order valence-electron chi connectivity index (χ0n) is 37.5. The molecule has 0 unspecified atom stereocenters. The molecule has 0 fully saturated rings. The van der Waals surface area contributed by atoms with Crippen LogP contribution in [0.3, 0.4) is 0 Å². The summed E-state index contributed by atoms with van der Waals surface area (Å²) in [7, 11) is 0. The molecule has 0 aromatic heterocycles. The maximum atomic E-state index is 2.34. The number of hydrogen-bond acceptors (Lipinski definition) is 2. The van der Waals surface area contributed by atoms with E-state index in [1.807, 2.05) is 0 Å². The highest BCUT2D eigenvalue weighted by molar-refractivity contribution is 6.07. The van der Waals surface area contributed by atoms with Crippen LogP contribution in [-0.2, 0) is 0 Å². The van der Waals surface area contributed by atoms with Gasteiger partial charge in [-0.25, -0.2) is 0 Å². The number of nitrogens with zero attached hydrogens (tertiary/aromatic N) is 2. The van der Waals surface area contributed by atoms with Crippen LogP contribution in [-0.4, -0.2) is 0 Å². The Balaban J connectivity index is 0.871. The molecule has 12 aromatic rings. The molecule has 2 heteroatoms. The van der Waals surface area contributed by atoms with Crippen LogP contribution in [0.25, 0.3) is 76.8 Å². The van der Waals surface area contributed by atoms with Crippen LogP contribution in [0, 0.1) is 0 Å². The summed E-state index contributed by atoms with van der Waals surface area (Å²) < 4.78 is 0. The monoisotopic (exact) mass is 866 g/mol. The van der Waals surface area contributed by atoms with Crippen molar-refractivity contribution in [1.82, 2.24) is 0 Å². The third-order valence-electron chi connectivity index (χ3n) is 13.3. The van der Waals surface area contributed by atoms with Crippen LogP contribution < -0.4 is 9.80 Å². The largest absolute Gasteiger partial charge is 0.311 e. The van der Waals surface area contributed by atoms with Crippen molar-refractivity contribution in [2.45, 2.75) is 0 Å². The smallest absolute Gasteiger partial charge is 0.0462 e. The van der Waals surface area contributed by atoms with Gasteiger partial charge in [-0.15, -0.1) is 0 Å². The molecule has 0 bridgehead atoms. The quantitative estimate of drug-likeness (QED) is 0.135. The molecule has 0 aliphatic carbocycles. The second-order valence-electron chi connectivity index (χ2n) is 17.3. The van der Waals surface area contributed by atoms with Crippen molar-refractivity contribution in [3.05, 3.63) is 279 Å². The van der Waals surface area contributed by atoms with Gasteiger partial charge in [0.25, 0.3) is 0 Å². The highest BCUT2D eigenvalue weighted by atomic mass is 15.1. The van der Waals surface area contributed by atoms with Gasteiger partial charge in [0.05, 0.1) is 0 Å². The summed E-state index contributed by atoms with van der Waals surface area (Å²) in [5.74, 6) is 0. The Morgan fingerprint density at radius 3 is 0.809 bits per heavy atom. The summed E-state index contributed by atoms with van der Waals surface area (Å²) in [4.78, 5) is 4.68. The maximum absolute atomic E-state index is 2.34. The molecule has 0 spiro atoms. The van der Waals surface area contributed by atoms with Gasteiger partial charge in [-0.1, -0.05) is 206 Å². The minimum atomic E-state index is 1.10. The first kappa shape index (κ1) is 40.5. The Hall–Kier alpha value is -8.98. The van der Waals surface area contributed by atoms with Crippen LogP contribution in [0.4, 0.5) is 34.1 Å². The van der Waals surface area contributed by atoms with Gasteiger partial charge < -0.3 is 9.80 Å². The molecule has 68 heavy (non-hydrogen) atoms. The fourth-order valence-electron chi connectivity index (χ4n) is 9.99. The SMILES string of the molecule is c1ccc(N(c2ccc(-c3cccc4ccccc34)cc2)c2ccc(-c3cccc4cccc(-c5ccc(N(c6ccccc6)c6ccc(-c7cccc8ccccc78)cc6)cc5)c34)cc2)cc1. The van der Waals surface area contributed by atoms with E-state index in [1.54, 1.807) is 0 Å². The maximum Gasteiger partial charge on any atom is 0.0462 e. The normalized spacial score (nSPS) is 11.2. The molecule has 12 rings (SSSR count). The Labute approximate surface area is 397 Å². The van der Waals surface area contributed by atoms with E-state index < -0.39 is 0 Å². The van der Waals surface area contributed by atoms with Crippen LogP contribution in [0.15, 0.2) is 279 Å². The average Bonchev–Trinajstić information content (AvgIpc) is 3.42. The molecule has 0 amide bonds. The molecule has 0 aliphatic rings. The second-order valence-corrected chi connectivity index (χ2v) is 17.3. The first-order valence-electron chi connectivity index (χ1n) is 23.3. The number of benzene rings is 12. The molecule has 0 N–H and O–H groups in total. The zero-order valence-corrected chi connectivity index (χ0v) is 37.5. The Bertz CT molecular complexity index is 3440. The fourth-order valence-corrected chi connectivity index (χ4v) is 9.99. The molecular formula is C66H46N2. The lowest BCUT2D eigenvalue weighted by atomic mass is 9.91. The molecule has 320 valence electrons. The first-order valence-corrected chi connectivity index (χ1v) is 23.3. The summed E-state index contributed by atoms with van der Waals surface area (Å²) in [5.41, 5.74) is 16.3. The van der Waals surface area contributed by atoms with E-state index in [0.29, 0.717) is 0 Å². The van der Waals surface area contributed by atoms with Gasteiger partial charge in [-0.05, 0) is 150 Å². The molecule has 0 aliphatic heterocycles. The van der Waals surface area contributed by atoms with Gasteiger partial charge in [0.1, 0.15) is 0 Å². The van der Waals surface area contributed by atoms with Crippen molar-refractivity contribution in [2.75, 3.05) is 9.80 Å². The molecule has 0 atom stereocenters. The summed E-state index contributed by atoms with van der Waals surface area (Å²) in [6, 6.07) is 101. The third kappa shape index (κ3) is 7.64. The Morgan fingerprint density at radius 1 is 0.176 bits per heavy atom. The van der Waals surface area contributed by atoms with E-state index in [2.05, 4.69) is 289 Å². The van der Waals surface area contributed by atoms with E-state index in [0.717, 1.165) is 34.1 Å². The van der Waals surface area contributed by atoms with E-state index >= 15 is 0 Å². The van der Waals surface area contributed by atoms with Crippen LogP contribution in [0.1, 0.15) is 0 Å². The summed E-state index contributed by atoms with van der Waals surface area (Å²) >= 11 is 0. The van der Waals surface area contributed by atoms with Gasteiger partial charge in [-0.3, -0.25) is 0 Å². The topological polar surface area (TPSA) is 6.48 Å². The Morgan fingerprint density at radius 2 is 0.441 bits per heavy atom. The van der Waals surface area contributed by atoms with Crippen molar-refractivity contribution in [1.29, 1.82) is 0 Å². The third-order valence-corrected chi connectivity index (χ3v) is 13.3. The lowest BCUT2D eigenvalue weighted by molar-refractivity contribution is 1.28. The van der Waals surface area contributed by atoms with Gasteiger partial charge in [0.2, 0.25) is 0 Å². The van der Waals surface area contributed by atoms with E-state index in [1.165, 1.54) is 76.8 Å². The van der Waals surface area contributed by atoms with Crippen molar-refractivity contribution < 1.29 is 0 Å². The zero-order chi connectivity index (χ0) is 45.2. The minimum Gasteiger partial charge on any atom is -0.311 e. The fraction of sp³-hybridized carbons (Fsp3) is 0. The van der Waals surface area contributed by atoms with E-state index in [-0.39, 0.29) is 0 Å². The Kier molecular flexibility index (Phi) is 10.6. The van der Waals surface area contributed by atoms with Crippen LogP contribution >= 0.6 is 0 Å². The molecule has 0 radical (unpaired) electrons. The van der Waals surface area contributed by atoms with Crippen molar-refractivity contribution in [2.24, 2.45) is 0 Å². The number of hydrogen-bond donors (Lipinski definition) is 0. The van der Waals surface area contributed by atoms with Gasteiger partial charge in [-0.2, -0.15) is 0 Å². The molecule has 2 nitrogen and oxygen atoms in total. The number of fused-ring (bicyclic) bond motifs is 3. The average molecular weight is 867 g/mol. The summed E-state index contributed by atoms with van der Waals surface area (Å²) in [6.07, 6.45) is 0. The molecule has 12 aromatic carbocycles. The minimum absolute atomic E-state index is 1.10. The first-order chi connectivity index (χ1) is 33.7. The highest BCUT2D eigenvalue weighted by Gasteiger charge is 2.17. The molecule has 0 heterocycles. The molecular weight excluding hydrogens is 821 g/mol. The molecule has 0 saturated carbocycles. The van der Waals surface area contributed by atoms with Crippen molar-refractivity contribution in [3.8, 4) is 44.5 Å². The summed E-state index contributed by atoms with van der Waals surface area (Å²) in [6.45, 7) is 0. The summed E-state index contributed by atoms with van der Waals surface area (Å²) in [5, 5.41) is 7.47. The number of rotatable bonds is 10. The predicted octanol–water partition coefficient (Wildman–Crippen LogP) is 18.8. The second kappa shape index (κ2) is 17.8. The van der Waals surface area contributed by atoms with E-state index in [9.17, 15) is 0 Å². The van der Waals surface area contributed by atoms with Crippen molar-refractivity contribution in [3.63, 3.8) is 0 Å². The van der Waals surface area contributed by atoms with Gasteiger partial charge in [0, 0.05) is 34.1 Å². The van der Waals surface area contributed by atoms with Crippen LogP contribution in [0.2, 0.25) is 0 Å². The lowest BCUT2D eigenvalue weighted by Crippen LogP contribution is -2.09. The van der Waals surface area contributed by atoms with Gasteiger partial charge in [0.15, 0.2) is 0 Å².